The van der Waals surface area contributed by atoms with Gasteiger partial charge in [0.25, 0.3) is 15.7 Å². The van der Waals surface area contributed by atoms with Crippen LogP contribution in [0.5, 0.6) is 0 Å². The molecule has 0 atom stereocenters. The van der Waals surface area contributed by atoms with Crippen LogP contribution < -0.4 is 5.56 Å². The van der Waals surface area contributed by atoms with Crippen LogP contribution in [-0.4, -0.2) is 44.2 Å². The van der Waals surface area contributed by atoms with Crippen LogP contribution in [0, 0.1) is 6.92 Å². The first-order valence-electron chi connectivity index (χ1n) is 6.86. The summed E-state index contributed by atoms with van der Waals surface area (Å²) >= 11 is 0. The third-order valence-corrected chi connectivity index (χ3v) is 3.94. The fourth-order valence-electron chi connectivity index (χ4n) is 1.91. The van der Waals surface area contributed by atoms with Crippen LogP contribution in [0.3, 0.4) is 0 Å². The Labute approximate surface area is 137 Å². The topological polar surface area (TPSA) is 138 Å². The fourth-order valence-corrected chi connectivity index (χ4v) is 2.39. The van der Waals surface area contributed by atoms with Crippen molar-refractivity contribution in [3.8, 4) is 0 Å². The number of aryl methyl sites for hydroxylation is 1. The first-order chi connectivity index (χ1) is 11.3. The predicted octanol–water partition coefficient (Wildman–Crippen LogP) is 0.354. The van der Waals surface area contributed by atoms with Crippen LogP contribution in [0.1, 0.15) is 5.56 Å². The van der Waals surface area contributed by atoms with Gasteiger partial charge >= 0.3 is 0 Å². The first-order valence-corrected chi connectivity index (χ1v) is 8.30. The van der Waals surface area contributed by atoms with Gasteiger partial charge in [0.15, 0.2) is 11.2 Å². The number of benzene rings is 1. The molecule has 0 aliphatic heterocycles. The lowest BCUT2D eigenvalue weighted by Crippen LogP contribution is -2.12. The highest BCUT2D eigenvalue weighted by atomic mass is 32.2. The van der Waals surface area contributed by atoms with E-state index in [1.807, 2.05) is 6.92 Å². The van der Waals surface area contributed by atoms with Crippen molar-refractivity contribution in [3.05, 3.63) is 52.8 Å². The molecule has 10 heteroatoms. The third kappa shape index (κ3) is 4.25. The number of aliphatic hydroxyl groups is 1. The van der Waals surface area contributed by atoms with Crippen LogP contribution in [-0.2, 0) is 16.7 Å². The number of aromatic nitrogens is 4. The first kappa shape index (κ1) is 17.8. The van der Waals surface area contributed by atoms with E-state index in [9.17, 15) is 13.2 Å². The molecule has 0 spiro atoms. The molecule has 0 fully saturated rings. The minimum absolute atomic E-state index is 0.0280. The summed E-state index contributed by atoms with van der Waals surface area (Å²) in [7, 11) is -4.02. The van der Waals surface area contributed by atoms with E-state index in [1.165, 1.54) is 24.8 Å². The maximum atomic E-state index is 11.3. The van der Waals surface area contributed by atoms with Gasteiger partial charge in [0.2, 0.25) is 0 Å². The minimum Gasteiger partial charge on any atom is -0.395 e. The maximum absolute atomic E-state index is 11.3. The van der Waals surface area contributed by atoms with Gasteiger partial charge < -0.3 is 14.7 Å². The van der Waals surface area contributed by atoms with E-state index in [2.05, 4.69) is 15.0 Å². The van der Waals surface area contributed by atoms with Gasteiger partial charge in [-0.1, -0.05) is 17.7 Å². The van der Waals surface area contributed by atoms with E-state index in [1.54, 1.807) is 16.7 Å². The van der Waals surface area contributed by atoms with Crippen molar-refractivity contribution in [2.75, 3.05) is 6.61 Å². The second-order valence-corrected chi connectivity index (χ2v) is 6.28. The summed E-state index contributed by atoms with van der Waals surface area (Å²) in [6, 6.07) is 5.99. The molecule has 0 aliphatic carbocycles. The van der Waals surface area contributed by atoms with Crippen molar-refractivity contribution in [1.29, 1.82) is 0 Å². The number of nitrogens with zero attached hydrogens (tertiary/aromatic N) is 3. The molecule has 3 rings (SSSR count). The van der Waals surface area contributed by atoms with E-state index < -0.39 is 10.1 Å². The Hall–Kier alpha value is -2.56. The highest BCUT2D eigenvalue weighted by molar-refractivity contribution is 7.85. The van der Waals surface area contributed by atoms with Crippen molar-refractivity contribution >= 4 is 21.3 Å². The van der Waals surface area contributed by atoms with Crippen molar-refractivity contribution in [3.63, 3.8) is 0 Å². The van der Waals surface area contributed by atoms with Crippen LogP contribution in [0.2, 0.25) is 0 Å². The smallest absolute Gasteiger partial charge is 0.294 e. The molecule has 3 aromatic rings. The molecule has 24 heavy (non-hydrogen) atoms. The van der Waals surface area contributed by atoms with Crippen LogP contribution in [0.4, 0.5) is 0 Å². The molecule has 0 saturated heterocycles. The second kappa shape index (κ2) is 7.34. The number of imidazole rings is 1. The summed E-state index contributed by atoms with van der Waals surface area (Å²) in [5.41, 5.74) is 1.52. The van der Waals surface area contributed by atoms with Crippen molar-refractivity contribution < 1.29 is 18.1 Å². The molecule has 9 nitrogen and oxygen atoms in total. The number of fused-ring (bicyclic) bond motifs is 1. The lowest BCUT2D eigenvalue weighted by atomic mass is 10.2. The number of hydrogen-bond donors (Lipinski definition) is 3. The molecule has 0 unspecified atom stereocenters. The summed E-state index contributed by atoms with van der Waals surface area (Å²) in [6.45, 7) is 2.17. The van der Waals surface area contributed by atoms with E-state index in [-0.39, 0.29) is 17.1 Å². The van der Waals surface area contributed by atoms with Gasteiger partial charge in [-0.2, -0.15) is 8.42 Å². The molecule has 2 heterocycles. The van der Waals surface area contributed by atoms with E-state index in [4.69, 9.17) is 9.66 Å². The quantitative estimate of drug-likeness (QED) is 0.578. The summed E-state index contributed by atoms with van der Waals surface area (Å²) in [5, 5.41) is 8.71. The molecule has 0 aliphatic rings. The van der Waals surface area contributed by atoms with Gasteiger partial charge in [0, 0.05) is 6.54 Å². The van der Waals surface area contributed by atoms with Crippen LogP contribution in [0.25, 0.3) is 11.2 Å². The number of aliphatic hydroxyl groups excluding tert-OH is 1. The number of nitrogens with one attached hydrogen (secondary N) is 1. The van der Waals surface area contributed by atoms with E-state index in [0.717, 1.165) is 5.56 Å². The maximum Gasteiger partial charge on any atom is 0.294 e. The van der Waals surface area contributed by atoms with Gasteiger partial charge in [-0.05, 0) is 19.1 Å². The average molecular weight is 352 g/mol. The summed E-state index contributed by atoms with van der Waals surface area (Å²) < 4.78 is 31.1. The van der Waals surface area contributed by atoms with Gasteiger partial charge in [-0.3, -0.25) is 9.35 Å². The van der Waals surface area contributed by atoms with Crippen LogP contribution >= 0.6 is 0 Å². The minimum atomic E-state index is -4.02. The highest BCUT2D eigenvalue weighted by Crippen LogP contribution is 2.08. The van der Waals surface area contributed by atoms with Gasteiger partial charge in [-0.15, -0.1) is 0 Å². The number of H-pyrrole nitrogens is 1. The number of hydrogen-bond acceptors (Lipinski definition) is 6. The zero-order valence-electron chi connectivity index (χ0n) is 12.7. The lowest BCUT2D eigenvalue weighted by molar-refractivity contribution is 0.277. The molecule has 0 bridgehead atoms. The SMILES string of the molecule is Cc1ccc(S(=O)(=O)O)cc1.O=c1[nH]cnc2ncn(CCO)c12. The molecule has 0 radical (unpaired) electrons. The number of aromatic amines is 1. The fraction of sp³-hybridized carbons (Fsp3) is 0.214. The molecule has 3 N–H and O–H groups in total. The Bertz CT molecular complexity index is 976. The van der Waals surface area contributed by atoms with Gasteiger partial charge in [-0.25, -0.2) is 9.97 Å². The predicted molar refractivity (Wildman–Crippen MR) is 86.2 cm³/mol. The van der Waals surface area contributed by atoms with E-state index >= 15 is 0 Å². The summed E-state index contributed by atoms with van der Waals surface area (Å²) in [6.07, 6.45) is 2.80. The number of rotatable bonds is 3. The normalized spacial score (nSPS) is 11.1. The molecule has 0 amide bonds. The van der Waals surface area contributed by atoms with E-state index in [0.29, 0.717) is 17.7 Å². The molecule has 0 saturated carbocycles. The summed E-state index contributed by atoms with van der Waals surface area (Å²) in [4.78, 5) is 21.5. The Balaban J connectivity index is 0.000000177. The Morgan fingerprint density at radius 2 is 1.88 bits per heavy atom. The second-order valence-electron chi connectivity index (χ2n) is 4.85. The monoisotopic (exact) mass is 352 g/mol. The molecular weight excluding hydrogens is 336 g/mol. The average Bonchev–Trinajstić information content (AvgIpc) is 2.92. The third-order valence-electron chi connectivity index (χ3n) is 3.08. The Morgan fingerprint density at radius 3 is 2.46 bits per heavy atom. The van der Waals surface area contributed by atoms with Crippen molar-refractivity contribution in [1.82, 2.24) is 19.5 Å². The highest BCUT2D eigenvalue weighted by Gasteiger charge is 2.07. The molecule has 2 aromatic heterocycles. The largest absolute Gasteiger partial charge is 0.395 e. The van der Waals surface area contributed by atoms with Gasteiger partial charge in [0.1, 0.15) is 0 Å². The lowest BCUT2D eigenvalue weighted by Gasteiger charge is -1.97. The molecule has 1 aromatic carbocycles. The molecule has 128 valence electrons. The zero-order chi connectivity index (χ0) is 17.7. The Morgan fingerprint density at radius 1 is 1.21 bits per heavy atom. The summed E-state index contributed by atoms with van der Waals surface area (Å²) in [5.74, 6) is 0. The van der Waals surface area contributed by atoms with Crippen molar-refractivity contribution in [2.45, 2.75) is 18.4 Å². The zero-order valence-corrected chi connectivity index (χ0v) is 13.6. The van der Waals surface area contributed by atoms with Crippen molar-refractivity contribution in [2.24, 2.45) is 0 Å². The van der Waals surface area contributed by atoms with Gasteiger partial charge in [0.05, 0.1) is 24.2 Å². The van der Waals surface area contributed by atoms with Crippen LogP contribution in [0.15, 0.2) is 46.6 Å². The Kier molecular flexibility index (Phi) is 5.44. The standard InChI is InChI=1S/C7H8N4O2.C7H8O3S/c12-2-1-11-4-10-6-5(11)7(13)9-3-8-6;1-6-2-4-7(5-3-6)11(8,9)10/h3-4,12H,1-2H2,(H,8,9,13);2-5H,1H3,(H,8,9,10). The molecular formula is C14H16N4O5S.